The van der Waals surface area contributed by atoms with E-state index in [4.69, 9.17) is 16.3 Å². The predicted molar refractivity (Wildman–Crippen MR) is 78.3 cm³/mol. The van der Waals surface area contributed by atoms with Gasteiger partial charge in [-0.3, -0.25) is 4.79 Å². The van der Waals surface area contributed by atoms with E-state index in [-0.39, 0.29) is 5.56 Å². The van der Waals surface area contributed by atoms with Crippen LogP contribution < -0.4 is 10.3 Å². The molecule has 0 aliphatic rings. The topological polar surface area (TPSA) is 55.0 Å². The Bertz CT molecular complexity index is 643. The van der Waals surface area contributed by atoms with Gasteiger partial charge in [0.2, 0.25) is 0 Å². The third kappa shape index (κ3) is 3.11. The van der Waals surface area contributed by atoms with Gasteiger partial charge in [0.25, 0.3) is 5.56 Å². The van der Waals surface area contributed by atoms with Crippen LogP contribution >= 0.6 is 23.4 Å². The van der Waals surface area contributed by atoms with Crippen LogP contribution in [0.15, 0.2) is 34.0 Å². The summed E-state index contributed by atoms with van der Waals surface area (Å²) in [4.78, 5) is 12.2. The molecule has 1 aromatic heterocycles. The van der Waals surface area contributed by atoms with Crippen LogP contribution in [0.2, 0.25) is 5.02 Å². The number of aromatic amines is 1. The minimum atomic E-state index is -0.186. The lowest BCUT2D eigenvalue weighted by molar-refractivity contribution is 0.415. The van der Waals surface area contributed by atoms with E-state index >= 15 is 0 Å². The Labute approximate surface area is 120 Å². The Morgan fingerprint density at radius 2 is 2.21 bits per heavy atom. The van der Waals surface area contributed by atoms with Crippen molar-refractivity contribution in [2.45, 2.75) is 11.8 Å². The number of ether oxygens (including phenoxy) is 1. The summed E-state index contributed by atoms with van der Waals surface area (Å²) >= 11 is 7.63. The molecule has 0 aliphatic heterocycles. The van der Waals surface area contributed by atoms with Gasteiger partial charge in [0.15, 0.2) is 0 Å². The molecule has 1 N–H and O–H groups in total. The van der Waals surface area contributed by atoms with E-state index < -0.39 is 0 Å². The first-order chi connectivity index (χ1) is 9.15. The molecule has 0 radical (unpaired) electrons. The van der Waals surface area contributed by atoms with Crippen molar-refractivity contribution in [2.75, 3.05) is 12.9 Å². The van der Waals surface area contributed by atoms with Gasteiger partial charge in [0.05, 0.1) is 22.7 Å². The van der Waals surface area contributed by atoms with Crippen molar-refractivity contribution >= 4 is 23.4 Å². The number of thioether (sulfide) groups is 1. The van der Waals surface area contributed by atoms with Crippen LogP contribution in [0.4, 0.5) is 0 Å². The zero-order valence-electron chi connectivity index (χ0n) is 10.6. The molecule has 19 heavy (non-hydrogen) atoms. The number of nitrogens with one attached hydrogen (secondary N) is 1. The fourth-order valence-corrected chi connectivity index (χ4v) is 2.51. The van der Waals surface area contributed by atoms with E-state index in [9.17, 15) is 4.79 Å². The molecule has 2 rings (SSSR count). The number of hydrogen-bond donors (Lipinski definition) is 1. The Kier molecular flexibility index (Phi) is 4.50. The molecule has 0 amide bonds. The second-order valence-corrected chi connectivity index (χ2v) is 5.44. The second-order valence-electron chi connectivity index (χ2n) is 3.73. The molecule has 6 heteroatoms. The summed E-state index contributed by atoms with van der Waals surface area (Å²) in [7, 11) is 1.59. The van der Waals surface area contributed by atoms with E-state index in [2.05, 4.69) is 10.2 Å². The smallest absolute Gasteiger partial charge is 0.277 e. The average molecular weight is 297 g/mol. The maximum Gasteiger partial charge on any atom is 0.277 e. The summed E-state index contributed by atoms with van der Waals surface area (Å²) in [5.41, 5.74) is 1.17. The van der Waals surface area contributed by atoms with Crippen LogP contribution in [0.5, 0.6) is 5.75 Å². The van der Waals surface area contributed by atoms with Crippen LogP contribution in [0.1, 0.15) is 6.92 Å². The summed E-state index contributed by atoms with van der Waals surface area (Å²) in [6.45, 7) is 1.99. The average Bonchev–Trinajstić information content (AvgIpc) is 2.42. The van der Waals surface area contributed by atoms with Crippen molar-refractivity contribution in [2.24, 2.45) is 0 Å². The summed E-state index contributed by atoms with van der Waals surface area (Å²) < 4.78 is 5.17. The maximum absolute atomic E-state index is 11.6. The summed E-state index contributed by atoms with van der Waals surface area (Å²) in [5.74, 6) is 1.51. The van der Waals surface area contributed by atoms with Crippen LogP contribution in [0, 0.1) is 0 Å². The number of methoxy groups -OCH3 is 1. The number of halogens is 1. The van der Waals surface area contributed by atoms with E-state index in [1.165, 1.54) is 11.8 Å². The number of rotatable bonds is 4. The van der Waals surface area contributed by atoms with Crippen LogP contribution in [0.25, 0.3) is 11.3 Å². The Morgan fingerprint density at radius 1 is 1.42 bits per heavy atom. The molecule has 0 spiro atoms. The Balaban J connectivity index is 2.52. The lowest BCUT2D eigenvalue weighted by Gasteiger charge is -2.07. The fourth-order valence-electron chi connectivity index (χ4n) is 1.62. The first-order valence-corrected chi connectivity index (χ1v) is 7.08. The first kappa shape index (κ1) is 14.0. The Hall–Kier alpha value is -1.46. The van der Waals surface area contributed by atoms with Crippen molar-refractivity contribution in [1.29, 1.82) is 0 Å². The molecule has 0 atom stereocenters. The minimum absolute atomic E-state index is 0.186. The Morgan fingerprint density at radius 3 is 2.89 bits per heavy atom. The molecule has 100 valence electrons. The zero-order chi connectivity index (χ0) is 13.8. The third-order valence-corrected chi connectivity index (χ3v) is 3.75. The van der Waals surface area contributed by atoms with Crippen LogP contribution in [-0.4, -0.2) is 23.1 Å². The van der Waals surface area contributed by atoms with Crippen molar-refractivity contribution < 1.29 is 4.74 Å². The highest BCUT2D eigenvalue weighted by Gasteiger charge is 2.10. The molecule has 2 aromatic rings. The molecule has 0 aliphatic carbocycles. The van der Waals surface area contributed by atoms with Gasteiger partial charge in [-0.2, -0.15) is 5.10 Å². The lowest BCUT2D eigenvalue weighted by Crippen LogP contribution is -2.10. The quantitative estimate of drug-likeness (QED) is 0.880. The standard InChI is InChI=1S/C13H13ClN2O2S/c1-3-19-12-7-11(15-16-13(12)17)9-6-8(18-2)4-5-10(9)14/h4-7H,3H2,1-2H3,(H,16,17). The maximum atomic E-state index is 11.6. The predicted octanol–water partition coefficient (Wildman–Crippen LogP) is 3.21. The largest absolute Gasteiger partial charge is 0.497 e. The van der Waals surface area contributed by atoms with Gasteiger partial charge in [-0.1, -0.05) is 18.5 Å². The fraction of sp³-hybridized carbons (Fsp3) is 0.231. The van der Waals surface area contributed by atoms with Gasteiger partial charge in [-0.15, -0.1) is 11.8 Å². The van der Waals surface area contributed by atoms with Gasteiger partial charge in [0, 0.05) is 5.56 Å². The minimum Gasteiger partial charge on any atom is -0.497 e. The molecule has 1 aromatic carbocycles. The number of benzene rings is 1. The molecular formula is C13H13ClN2O2S. The van der Waals surface area contributed by atoms with Crippen molar-refractivity contribution in [1.82, 2.24) is 10.2 Å². The first-order valence-electron chi connectivity index (χ1n) is 5.72. The van der Waals surface area contributed by atoms with E-state index in [0.717, 1.165) is 11.3 Å². The molecule has 0 fully saturated rings. The number of hydrogen-bond acceptors (Lipinski definition) is 4. The third-order valence-electron chi connectivity index (χ3n) is 2.52. The van der Waals surface area contributed by atoms with Crippen molar-refractivity contribution in [3.8, 4) is 17.0 Å². The van der Waals surface area contributed by atoms with Crippen LogP contribution in [0.3, 0.4) is 0 Å². The lowest BCUT2D eigenvalue weighted by atomic mass is 10.1. The number of nitrogens with zero attached hydrogens (tertiary/aromatic N) is 1. The molecule has 0 unspecified atom stereocenters. The molecule has 1 heterocycles. The summed E-state index contributed by atoms with van der Waals surface area (Å²) in [6.07, 6.45) is 0. The number of H-pyrrole nitrogens is 1. The molecular weight excluding hydrogens is 284 g/mol. The van der Waals surface area contributed by atoms with Gasteiger partial charge in [-0.25, -0.2) is 5.10 Å². The van der Waals surface area contributed by atoms with E-state index in [0.29, 0.717) is 21.4 Å². The molecule has 0 bridgehead atoms. The van der Waals surface area contributed by atoms with Gasteiger partial charge in [0.1, 0.15) is 5.75 Å². The number of aromatic nitrogens is 2. The zero-order valence-corrected chi connectivity index (χ0v) is 12.1. The summed E-state index contributed by atoms with van der Waals surface area (Å²) in [5, 5.41) is 7.09. The molecule has 4 nitrogen and oxygen atoms in total. The highest BCUT2D eigenvalue weighted by molar-refractivity contribution is 7.99. The van der Waals surface area contributed by atoms with E-state index in [1.54, 1.807) is 31.4 Å². The monoisotopic (exact) mass is 296 g/mol. The van der Waals surface area contributed by atoms with E-state index in [1.807, 2.05) is 6.92 Å². The summed E-state index contributed by atoms with van der Waals surface area (Å²) in [6, 6.07) is 7.06. The van der Waals surface area contributed by atoms with Crippen molar-refractivity contribution in [3.05, 3.63) is 39.6 Å². The van der Waals surface area contributed by atoms with Gasteiger partial charge in [-0.05, 0) is 30.0 Å². The van der Waals surface area contributed by atoms with Crippen LogP contribution in [-0.2, 0) is 0 Å². The molecule has 0 saturated heterocycles. The second kappa shape index (κ2) is 6.12. The van der Waals surface area contributed by atoms with Crippen molar-refractivity contribution in [3.63, 3.8) is 0 Å². The van der Waals surface area contributed by atoms with Gasteiger partial charge >= 0.3 is 0 Å². The molecule has 0 saturated carbocycles. The SMILES string of the molecule is CCSc1cc(-c2cc(OC)ccc2Cl)n[nH]c1=O. The highest BCUT2D eigenvalue weighted by Crippen LogP contribution is 2.30. The highest BCUT2D eigenvalue weighted by atomic mass is 35.5. The van der Waals surface area contributed by atoms with Gasteiger partial charge < -0.3 is 4.74 Å². The normalized spacial score (nSPS) is 10.5.